The van der Waals surface area contributed by atoms with E-state index in [4.69, 9.17) is 14.2 Å². The van der Waals surface area contributed by atoms with Crippen molar-refractivity contribution in [1.29, 1.82) is 0 Å². The van der Waals surface area contributed by atoms with Crippen LogP contribution in [0.15, 0.2) is 18.2 Å². The molecular formula is C27H36O6. The van der Waals surface area contributed by atoms with Gasteiger partial charge in [-0.3, -0.25) is 14.4 Å². The highest BCUT2D eigenvalue weighted by Crippen LogP contribution is 2.33. The average Bonchev–Trinajstić information content (AvgIpc) is 2.85. The highest BCUT2D eigenvalue weighted by molar-refractivity contribution is 5.78. The SMILES string of the molecule is O=C(Oc1cc(OC(=O)C2CCCCC2)cc(OC(=O)C2CCCCC2)c1)C1CCCCC1. The number of esters is 3. The normalized spacial score (nSPS) is 20.7. The Labute approximate surface area is 196 Å². The molecule has 0 N–H and O–H groups in total. The lowest BCUT2D eigenvalue weighted by Crippen LogP contribution is -2.24. The Kier molecular flexibility index (Phi) is 8.40. The van der Waals surface area contributed by atoms with Crippen LogP contribution in [-0.4, -0.2) is 17.9 Å². The summed E-state index contributed by atoms with van der Waals surface area (Å²) in [5, 5.41) is 0. The smallest absolute Gasteiger partial charge is 0.314 e. The van der Waals surface area contributed by atoms with Crippen LogP contribution >= 0.6 is 0 Å². The first-order valence-electron chi connectivity index (χ1n) is 12.9. The molecule has 3 fully saturated rings. The highest BCUT2D eigenvalue weighted by atomic mass is 16.6. The maximum Gasteiger partial charge on any atom is 0.314 e. The minimum Gasteiger partial charge on any atom is -0.426 e. The third-order valence-corrected chi connectivity index (χ3v) is 7.32. The van der Waals surface area contributed by atoms with Gasteiger partial charge in [-0.25, -0.2) is 0 Å². The van der Waals surface area contributed by atoms with E-state index >= 15 is 0 Å². The fourth-order valence-corrected chi connectivity index (χ4v) is 5.34. The van der Waals surface area contributed by atoms with Crippen molar-refractivity contribution in [3.63, 3.8) is 0 Å². The molecule has 3 saturated carbocycles. The lowest BCUT2D eigenvalue weighted by molar-refractivity contribution is -0.140. The second kappa shape index (κ2) is 11.7. The molecule has 0 aliphatic heterocycles. The van der Waals surface area contributed by atoms with Gasteiger partial charge in [-0.15, -0.1) is 0 Å². The number of carbonyl (C=O) groups is 3. The Hall–Kier alpha value is -2.37. The molecule has 180 valence electrons. The van der Waals surface area contributed by atoms with E-state index in [1.54, 1.807) is 18.2 Å². The van der Waals surface area contributed by atoms with Crippen LogP contribution in [0.3, 0.4) is 0 Å². The van der Waals surface area contributed by atoms with E-state index in [0.717, 1.165) is 96.3 Å². The molecular weight excluding hydrogens is 420 g/mol. The van der Waals surface area contributed by atoms with Crippen LogP contribution in [0, 0.1) is 17.8 Å². The molecule has 0 heterocycles. The van der Waals surface area contributed by atoms with Gasteiger partial charge in [0, 0.05) is 18.2 Å². The van der Waals surface area contributed by atoms with E-state index in [1.165, 1.54) is 0 Å². The van der Waals surface area contributed by atoms with Gasteiger partial charge in [0.2, 0.25) is 0 Å². The van der Waals surface area contributed by atoms with Gasteiger partial charge in [0.25, 0.3) is 0 Å². The predicted octanol–water partition coefficient (Wildman–Crippen LogP) is 6.14. The summed E-state index contributed by atoms with van der Waals surface area (Å²) >= 11 is 0. The summed E-state index contributed by atoms with van der Waals surface area (Å²) in [4.78, 5) is 38.1. The molecule has 0 atom stereocenters. The highest BCUT2D eigenvalue weighted by Gasteiger charge is 2.27. The Morgan fingerprint density at radius 3 is 0.939 bits per heavy atom. The Bertz CT molecular complexity index is 707. The van der Waals surface area contributed by atoms with Gasteiger partial charge in [0.1, 0.15) is 17.2 Å². The van der Waals surface area contributed by atoms with Crippen LogP contribution in [0.1, 0.15) is 96.3 Å². The molecule has 0 amide bonds. The minimum atomic E-state index is -0.269. The summed E-state index contributed by atoms with van der Waals surface area (Å²) in [5.74, 6) is -0.371. The molecule has 6 heteroatoms. The molecule has 33 heavy (non-hydrogen) atoms. The Morgan fingerprint density at radius 2 is 0.697 bits per heavy atom. The number of hydrogen-bond donors (Lipinski definition) is 0. The summed E-state index contributed by atoms with van der Waals surface area (Å²) in [5.41, 5.74) is 0. The van der Waals surface area contributed by atoms with Crippen LogP contribution in [0.25, 0.3) is 0 Å². The molecule has 0 radical (unpaired) electrons. The molecule has 4 rings (SSSR count). The zero-order valence-corrected chi connectivity index (χ0v) is 19.5. The summed E-state index contributed by atoms with van der Waals surface area (Å²) in [7, 11) is 0. The molecule has 0 spiro atoms. The van der Waals surface area contributed by atoms with Crippen molar-refractivity contribution in [2.24, 2.45) is 17.8 Å². The first-order chi connectivity index (χ1) is 16.1. The van der Waals surface area contributed by atoms with E-state index in [-0.39, 0.29) is 52.9 Å². The van der Waals surface area contributed by atoms with E-state index in [0.29, 0.717) is 0 Å². The fraction of sp³-hybridized carbons (Fsp3) is 0.667. The van der Waals surface area contributed by atoms with E-state index in [9.17, 15) is 14.4 Å². The first-order valence-corrected chi connectivity index (χ1v) is 12.9. The van der Waals surface area contributed by atoms with Crippen molar-refractivity contribution >= 4 is 17.9 Å². The lowest BCUT2D eigenvalue weighted by atomic mass is 9.89. The summed E-state index contributed by atoms with van der Waals surface area (Å²) in [6, 6.07) is 4.66. The van der Waals surface area contributed by atoms with Crippen molar-refractivity contribution in [3.8, 4) is 17.2 Å². The van der Waals surface area contributed by atoms with Gasteiger partial charge >= 0.3 is 17.9 Å². The van der Waals surface area contributed by atoms with Gasteiger partial charge in [-0.05, 0) is 38.5 Å². The van der Waals surface area contributed by atoms with Crippen molar-refractivity contribution < 1.29 is 28.6 Å². The number of benzene rings is 1. The van der Waals surface area contributed by atoms with Crippen LogP contribution in [0.4, 0.5) is 0 Å². The van der Waals surface area contributed by atoms with Crippen LogP contribution < -0.4 is 14.2 Å². The number of carbonyl (C=O) groups excluding carboxylic acids is 3. The molecule has 1 aromatic rings. The van der Waals surface area contributed by atoms with Gasteiger partial charge in [0.15, 0.2) is 0 Å². The second-order valence-corrected chi connectivity index (χ2v) is 9.91. The first kappa shape index (κ1) is 23.8. The van der Waals surface area contributed by atoms with Crippen molar-refractivity contribution in [1.82, 2.24) is 0 Å². The van der Waals surface area contributed by atoms with Crippen LogP contribution in [0.5, 0.6) is 17.2 Å². The summed E-state index contributed by atoms with van der Waals surface area (Å²) in [6.07, 6.45) is 14.6. The topological polar surface area (TPSA) is 78.9 Å². The van der Waals surface area contributed by atoms with Gasteiger partial charge in [-0.2, -0.15) is 0 Å². The molecule has 0 saturated heterocycles. The van der Waals surface area contributed by atoms with Crippen molar-refractivity contribution in [3.05, 3.63) is 18.2 Å². The predicted molar refractivity (Wildman–Crippen MR) is 123 cm³/mol. The van der Waals surface area contributed by atoms with E-state index < -0.39 is 0 Å². The molecule has 1 aromatic carbocycles. The van der Waals surface area contributed by atoms with Crippen LogP contribution in [0.2, 0.25) is 0 Å². The van der Waals surface area contributed by atoms with Crippen LogP contribution in [-0.2, 0) is 14.4 Å². The zero-order chi connectivity index (χ0) is 23.0. The van der Waals surface area contributed by atoms with Gasteiger partial charge in [-0.1, -0.05) is 57.8 Å². The lowest BCUT2D eigenvalue weighted by Gasteiger charge is -2.22. The summed E-state index contributed by atoms with van der Waals surface area (Å²) in [6.45, 7) is 0. The molecule has 0 bridgehead atoms. The van der Waals surface area contributed by atoms with Crippen molar-refractivity contribution in [2.45, 2.75) is 96.3 Å². The maximum atomic E-state index is 12.7. The quantitative estimate of drug-likeness (QED) is 0.378. The molecule has 6 nitrogen and oxygen atoms in total. The Balaban J connectivity index is 1.48. The molecule has 3 aliphatic rings. The number of ether oxygens (including phenoxy) is 3. The van der Waals surface area contributed by atoms with Gasteiger partial charge in [0.05, 0.1) is 17.8 Å². The standard InChI is InChI=1S/C27H36O6/c28-25(19-10-4-1-5-11-19)31-22-16-23(32-26(29)20-12-6-2-7-13-20)18-24(17-22)33-27(30)21-14-8-3-9-15-21/h16-21H,1-15H2. The third-order valence-electron chi connectivity index (χ3n) is 7.32. The minimum absolute atomic E-state index is 0.111. The number of hydrogen-bond acceptors (Lipinski definition) is 6. The third kappa shape index (κ3) is 6.81. The van der Waals surface area contributed by atoms with Gasteiger partial charge < -0.3 is 14.2 Å². The molecule has 3 aliphatic carbocycles. The average molecular weight is 457 g/mol. The Morgan fingerprint density at radius 1 is 0.455 bits per heavy atom. The monoisotopic (exact) mass is 456 g/mol. The molecule has 0 unspecified atom stereocenters. The van der Waals surface area contributed by atoms with E-state index in [1.807, 2.05) is 0 Å². The van der Waals surface area contributed by atoms with E-state index in [2.05, 4.69) is 0 Å². The van der Waals surface area contributed by atoms with Crippen molar-refractivity contribution in [2.75, 3.05) is 0 Å². The maximum absolute atomic E-state index is 12.7. The number of rotatable bonds is 6. The second-order valence-electron chi connectivity index (χ2n) is 9.91. The molecule has 0 aromatic heterocycles. The fourth-order valence-electron chi connectivity index (χ4n) is 5.34. The summed E-state index contributed by atoms with van der Waals surface area (Å²) < 4.78 is 17.0. The zero-order valence-electron chi connectivity index (χ0n) is 19.5. The largest absolute Gasteiger partial charge is 0.426 e.